The molecule has 5 nitrogen and oxygen atoms in total. The van der Waals surface area contributed by atoms with E-state index in [0.29, 0.717) is 39.0 Å². The number of aromatic amines is 1. The topological polar surface area (TPSA) is 64.1 Å². The first-order valence-electron chi connectivity index (χ1n) is 9.35. The average Bonchev–Trinajstić information content (AvgIpc) is 3.42. The smallest absolute Gasteiger partial charge is 0.213 e. The summed E-state index contributed by atoms with van der Waals surface area (Å²) in [5.74, 6) is -0.0717. The van der Waals surface area contributed by atoms with Crippen LogP contribution in [0.4, 0.5) is 0 Å². The minimum absolute atomic E-state index is 0.138. The van der Waals surface area contributed by atoms with Crippen molar-refractivity contribution < 1.29 is 14.3 Å². The number of nitrogens with zero attached hydrogens (tertiary/aromatic N) is 1. The maximum atomic E-state index is 13.3. The van der Waals surface area contributed by atoms with Gasteiger partial charge in [0.15, 0.2) is 0 Å². The zero-order valence-corrected chi connectivity index (χ0v) is 17.2. The molecule has 0 saturated heterocycles. The molecule has 0 aliphatic rings. The van der Waals surface area contributed by atoms with Crippen molar-refractivity contribution in [1.29, 1.82) is 0 Å². The van der Waals surface area contributed by atoms with E-state index in [2.05, 4.69) is 4.98 Å². The number of hydrogen-bond donors (Lipinski definition) is 1. The number of hydrogen-bond acceptors (Lipinski definition) is 3. The van der Waals surface area contributed by atoms with Gasteiger partial charge in [0.1, 0.15) is 11.4 Å². The van der Waals surface area contributed by atoms with Crippen molar-refractivity contribution in [3.63, 3.8) is 0 Å². The summed E-state index contributed by atoms with van der Waals surface area (Å²) < 4.78 is 7.04. The van der Waals surface area contributed by atoms with Crippen molar-refractivity contribution in [3.05, 3.63) is 106 Å². The number of halogens is 1. The van der Waals surface area contributed by atoms with Gasteiger partial charge in [-0.25, -0.2) is 0 Å². The van der Waals surface area contributed by atoms with Crippen molar-refractivity contribution in [1.82, 2.24) is 9.55 Å². The molecule has 2 aromatic heterocycles. The first kappa shape index (κ1) is 19.7. The van der Waals surface area contributed by atoms with Gasteiger partial charge in [0.05, 0.1) is 29.1 Å². The second-order valence-electron chi connectivity index (χ2n) is 6.80. The van der Waals surface area contributed by atoms with Crippen LogP contribution >= 0.6 is 11.6 Å². The number of aryl methyl sites for hydroxylation is 1. The molecule has 0 spiro atoms. The average molecular weight is 419 g/mol. The van der Waals surface area contributed by atoms with Gasteiger partial charge in [-0.3, -0.25) is 9.59 Å². The molecule has 4 rings (SSSR count). The molecule has 0 atom stereocenters. The van der Waals surface area contributed by atoms with Gasteiger partial charge in [-0.2, -0.15) is 0 Å². The molecule has 150 valence electrons. The number of para-hydroxylation sites is 1. The highest BCUT2D eigenvalue weighted by atomic mass is 35.5. The standard InChI is InChI=1S/C24H19ClN2O3/c1-15-7-3-4-8-16(15)23(29)21-19(12-13-26-21)27-14-6-11-20(27)22(28)17-9-5-10-18(25)24(17)30-2/h3-14,26H,1-2H3. The van der Waals surface area contributed by atoms with E-state index in [1.807, 2.05) is 25.1 Å². The molecular weight excluding hydrogens is 400 g/mol. The van der Waals surface area contributed by atoms with Crippen LogP contribution in [0.15, 0.2) is 73.1 Å². The van der Waals surface area contributed by atoms with Crippen LogP contribution in [-0.2, 0) is 0 Å². The van der Waals surface area contributed by atoms with Crippen LogP contribution in [0.1, 0.15) is 37.7 Å². The van der Waals surface area contributed by atoms with Crippen molar-refractivity contribution in [3.8, 4) is 11.4 Å². The highest BCUT2D eigenvalue weighted by molar-refractivity contribution is 6.33. The lowest BCUT2D eigenvalue weighted by molar-refractivity contribution is 0.102. The summed E-state index contributed by atoms with van der Waals surface area (Å²) >= 11 is 6.19. The normalized spacial score (nSPS) is 10.8. The number of carbonyl (C=O) groups excluding carboxylic acids is 2. The molecule has 1 N–H and O–H groups in total. The van der Waals surface area contributed by atoms with Crippen LogP contribution in [0.3, 0.4) is 0 Å². The van der Waals surface area contributed by atoms with Crippen molar-refractivity contribution in [2.75, 3.05) is 7.11 Å². The Kier molecular flexibility index (Phi) is 5.29. The summed E-state index contributed by atoms with van der Waals surface area (Å²) in [5.41, 5.74) is 3.25. The van der Waals surface area contributed by atoms with E-state index in [1.54, 1.807) is 59.4 Å². The Labute approximate surface area is 178 Å². The number of ketones is 2. The molecule has 0 fully saturated rings. The predicted molar refractivity (Wildman–Crippen MR) is 116 cm³/mol. The first-order valence-corrected chi connectivity index (χ1v) is 9.73. The number of carbonyl (C=O) groups is 2. The molecule has 6 heteroatoms. The predicted octanol–water partition coefficient (Wildman–Crippen LogP) is 5.24. The van der Waals surface area contributed by atoms with Crippen LogP contribution in [-0.4, -0.2) is 28.2 Å². The van der Waals surface area contributed by atoms with E-state index >= 15 is 0 Å². The Morgan fingerprint density at radius 3 is 2.47 bits per heavy atom. The summed E-state index contributed by atoms with van der Waals surface area (Å²) in [6, 6.07) is 17.7. The number of nitrogens with one attached hydrogen (secondary N) is 1. The van der Waals surface area contributed by atoms with Gasteiger partial charge >= 0.3 is 0 Å². The van der Waals surface area contributed by atoms with Crippen LogP contribution in [0.25, 0.3) is 5.69 Å². The Morgan fingerprint density at radius 1 is 0.933 bits per heavy atom. The summed E-state index contributed by atoms with van der Waals surface area (Å²) in [5, 5.41) is 0.360. The Hall–Kier alpha value is -3.57. The van der Waals surface area contributed by atoms with Gasteiger partial charge in [-0.05, 0) is 42.8 Å². The third-order valence-electron chi connectivity index (χ3n) is 5.00. The van der Waals surface area contributed by atoms with Crippen LogP contribution in [0, 0.1) is 6.92 Å². The fraction of sp³-hybridized carbons (Fsp3) is 0.0833. The lowest BCUT2D eigenvalue weighted by Gasteiger charge is -2.13. The fourth-order valence-corrected chi connectivity index (χ4v) is 3.77. The van der Waals surface area contributed by atoms with Crippen molar-refractivity contribution in [2.24, 2.45) is 0 Å². The minimum atomic E-state index is -0.255. The first-order chi connectivity index (χ1) is 14.5. The Morgan fingerprint density at radius 2 is 1.70 bits per heavy atom. The number of benzene rings is 2. The molecule has 2 aromatic carbocycles. The fourth-order valence-electron chi connectivity index (χ4n) is 3.52. The van der Waals surface area contributed by atoms with E-state index < -0.39 is 0 Å². The number of aromatic nitrogens is 2. The molecule has 2 heterocycles. The Bertz CT molecular complexity index is 1250. The molecule has 0 amide bonds. The molecular formula is C24H19ClN2O3. The molecule has 0 unspecified atom stereocenters. The van der Waals surface area contributed by atoms with Crippen molar-refractivity contribution in [2.45, 2.75) is 6.92 Å². The van der Waals surface area contributed by atoms with E-state index in [-0.39, 0.29) is 11.6 Å². The summed E-state index contributed by atoms with van der Waals surface area (Å²) in [7, 11) is 1.47. The molecule has 0 aliphatic heterocycles. The molecule has 4 aromatic rings. The van der Waals surface area contributed by atoms with Crippen LogP contribution in [0.2, 0.25) is 5.02 Å². The quantitative estimate of drug-likeness (QED) is 0.435. The second kappa shape index (κ2) is 8.05. The third kappa shape index (κ3) is 3.33. The zero-order valence-electron chi connectivity index (χ0n) is 16.5. The van der Waals surface area contributed by atoms with Gasteiger partial charge in [0.2, 0.25) is 11.6 Å². The minimum Gasteiger partial charge on any atom is -0.494 e. The van der Waals surface area contributed by atoms with Gasteiger partial charge in [-0.15, -0.1) is 0 Å². The molecule has 0 saturated carbocycles. The number of ether oxygens (including phenoxy) is 1. The van der Waals surface area contributed by atoms with Crippen molar-refractivity contribution >= 4 is 23.2 Å². The molecule has 0 aliphatic carbocycles. The molecule has 0 bridgehead atoms. The van der Waals surface area contributed by atoms with Gasteiger partial charge in [-0.1, -0.05) is 41.9 Å². The number of methoxy groups -OCH3 is 1. The second-order valence-corrected chi connectivity index (χ2v) is 7.20. The van der Waals surface area contributed by atoms with Gasteiger partial charge < -0.3 is 14.3 Å². The van der Waals surface area contributed by atoms with E-state index in [4.69, 9.17) is 16.3 Å². The monoisotopic (exact) mass is 418 g/mol. The summed E-state index contributed by atoms with van der Waals surface area (Å²) in [6.45, 7) is 1.89. The Balaban J connectivity index is 1.79. The van der Waals surface area contributed by atoms with Gasteiger partial charge in [0.25, 0.3) is 0 Å². The van der Waals surface area contributed by atoms with Crippen LogP contribution in [0.5, 0.6) is 5.75 Å². The summed E-state index contributed by atoms with van der Waals surface area (Å²) in [6.07, 6.45) is 3.44. The summed E-state index contributed by atoms with van der Waals surface area (Å²) in [4.78, 5) is 29.5. The number of rotatable bonds is 6. The highest BCUT2D eigenvalue weighted by Crippen LogP contribution is 2.31. The molecule has 0 radical (unpaired) electrons. The highest BCUT2D eigenvalue weighted by Gasteiger charge is 2.23. The van der Waals surface area contributed by atoms with Crippen LogP contribution < -0.4 is 4.74 Å². The lowest BCUT2D eigenvalue weighted by Crippen LogP contribution is -2.13. The van der Waals surface area contributed by atoms with E-state index in [1.165, 1.54) is 7.11 Å². The maximum Gasteiger partial charge on any atom is 0.213 e. The lowest BCUT2D eigenvalue weighted by atomic mass is 10.0. The largest absolute Gasteiger partial charge is 0.494 e. The van der Waals surface area contributed by atoms with E-state index in [0.717, 1.165) is 5.56 Å². The van der Waals surface area contributed by atoms with Gasteiger partial charge in [0, 0.05) is 18.0 Å². The molecule has 30 heavy (non-hydrogen) atoms. The SMILES string of the molecule is COc1c(Cl)cccc1C(=O)c1cccn1-c1cc[nH]c1C(=O)c1ccccc1C. The zero-order chi connectivity index (χ0) is 21.3. The van der Waals surface area contributed by atoms with E-state index in [9.17, 15) is 9.59 Å². The number of H-pyrrole nitrogens is 1. The third-order valence-corrected chi connectivity index (χ3v) is 5.30. The maximum absolute atomic E-state index is 13.3.